The van der Waals surface area contributed by atoms with Gasteiger partial charge in [-0.1, -0.05) is 12.1 Å². The summed E-state index contributed by atoms with van der Waals surface area (Å²) in [7, 11) is 1.59. The third kappa shape index (κ3) is 3.93. The molecule has 0 saturated heterocycles. The maximum atomic E-state index is 11.4. The quantitative estimate of drug-likeness (QED) is 0.751. The number of carbonyl (C=O) groups is 2. The number of furan rings is 1. The van der Waals surface area contributed by atoms with Gasteiger partial charge in [-0.2, -0.15) is 0 Å². The molecule has 0 unspecified atom stereocenters. The third-order valence-corrected chi connectivity index (χ3v) is 2.97. The van der Waals surface area contributed by atoms with Gasteiger partial charge in [-0.25, -0.2) is 4.79 Å². The number of carbonyl (C=O) groups excluding carboxylic acids is 1. The molecule has 1 aromatic heterocycles. The zero-order valence-electron chi connectivity index (χ0n) is 11.6. The van der Waals surface area contributed by atoms with E-state index in [-0.39, 0.29) is 11.5 Å². The first kappa shape index (κ1) is 14.8. The maximum Gasteiger partial charge on any atom is 0.338 e. The van der Waals surface area contributed by atoms with E-state index in [4.69, 9.17) is 9.52 Å². The minimum atomic E-state index is -1.00. The summed E-state index contributed by atoms with van der Waals surface area (Å²) in [6.45, 7) is 1.03. The highest BCUT2D eigenvalue weighted by Gasteiger charge is 2.07. The zero-order valence-corrected chi connectivity index (χ0v) is 11.6. The predicted molar refractivity (Wildman–Crippen MR) is 76.0 cm³/mol. The Morgan fingerprint density at radius 3 is 2.43 bits per heavy atom. The summed E-state index contributed by atoms with van der Waals surface area (Å²) in [5.41, 5.74) is 1.77. The van der Waals surface area contributed by atoms with E-state index < -0.39 is 5.97 Å². The summed E-state index contributed by atoms with van der Waals surface area (Å²) >= 11 is 0. The van der Waals surface area contributed by atoms with Crippen LogP contribution in [0.5, 0.6) is 0 Å². The molecule has 3 N–H and O–H groups in total. The number of carboxylic acids is 1. The second-order valence-corrected chi connectivity index (χ2v) is 4.49. The molecule has 1 heterocycles. The van der Waals surface area contributed by atoms with E-state index in [1.807, 2.05) is 12.1 Å². The van der Waals surface area contributed by atoms with Gasteiger partial charge in [-0.3, -0.25) is 4.79 Å². The molecular weight excluding hydrogens is 272 g/mol. The molecule has 6 heteroatoms. The molecule has 2 rings (SSSR count). The minimum Gasteiger partial charge on any atom is -0.478 e. The van der Waals surface area contributed by atoms with Crippen molar-refractivity contribution in [3.8, 4) is 0 Å². The monoisotopic (exact) mass is 288 g/mol. The fraction of sp³-hybridized carbons (Fsp3) is 0.200. The molecule has 0 aliphatic rings. The maximum absolute atomic E-state index is 11.4. The molecule has 6 nitrogen and oxygen atoms in total. The Kier molecular flexibility index (Phi) is 4.73. The largest absolute Gasteiger partial charge is 0.478 e. The van der Waals surface area contributed by atoms with Crippen molar-refractivity contribution in [2.75, 3.05) is 7.05 Å². The van der Waals surface area contributed by atoms with Crippen molar-refractivity contribution >= 4 is 11.9 Å². The average Bonchev–Trinajstić information content (AvgIpc) is 2.96. The Labute approximate surface area is 121 Å². The van der Waals surface area contributed by atoms with E-state index in [9.17, 15) is 9.59 Å². The highest BCUT2D eigenvalue weighted by molar-refractivity contribution is 5.93. The number of aromatic carboxylic acids is 1. The summed E-state index contributed by atoms with van der Waals surface area (Å²) in [5.74, 6) is -0.560. The van der Waals surface area contributed by atoms with Crippen LogP contribution < -0.4 is 10.6 Å². The van der Waals surface area contributed by atoms with Gasteiger partial charge in [0.05, 0.1) is 12.1 Å². The molecule has 0 saturated carbocycles. The summed E-state index contributed by atoms with van der Waals surface area (Å²) in [4.78, 5) is 22.1. The van der Waals surface area contributed by atoms with Crippen LogP contribution in [0.4, 0.5) is 0 Å². The van der Waals surface area contributed by atoms with Crippen LogP contribution in [0.25, 0.3) is 0 Å². The lowest BCUT2D eigenvalue weighted by Gasteiger charge is -2.04. The molecule has 0 bridgehead atoms. The molecule has 1 aromatic carbocycles. The molecule has 21 heavy (non-hydrogen) atoms. The van der Waals surface area contributed by atoms with E-state index in [2.05, 4.69) is 10.6 Å². The van der Waals surface area contributed by atoms with Gasteiger partial charge in [0.1, 0.15) is 12.0 Å². The Morgan fingerprint density at radius 1 is 1.14 bits per heavy atom. The van der Waals surface area contributed by atoms with Gasteiger partial charge in [0, 0.05) is 19.2 Å². The molecule has 0 aliphatic carbocycles. The van der Waals surface area contributed by atoms with Crippen LogP contribution in [0.2, 0.25) is 0 Å². The lowest BCUT2D eigenvalue weighted by Crippen LogP contribution is -2.18. The lowest BCUT2D eigenvalue weighted by atomic mass is 10.1. The van der Waals surface area contributed by atoms with Crippen molar-refractivity contribution < 1.29 is 19.1 Å². The summed E-state index contributed by atoms with van der Waals surface area (Å²) < 4.78 is 5.13. The number of rotatable bonds is 6. The third-order valence-electron chi connectivity index (χ3n) is 2.97. The van der Waals surface area contributed by atoms with Crippen LogP contribution in [0.1, 0.15) is 32.0 Å². The van der Waals surface area contributed by atoms with Gasteiger partial charge >= 0.3 is 5.97 Å². The average molecular weight is 288 g/mol. The van der Waals surface area contributed by atoms with Gasteiger partial charge < -0.3 is 20.2 Å². The number of benzene rings is 1. The molecule has 0 radical (unpaired) electrons. The number of amides is 1. The fourth-order valence-electron chi connectivity index (χ4n) is 1.83. The molecule has 1 amide bonds. The van der Waals surface area contributed by atoms with E-state index in [0.29, 0.717) is 24.4 Å². The minimum absolute atomic E-state index is 0.119. The second kappa shape index (κ2) is 6.71. The number of hydrogen-bond acceptors (Lipinski definition) is 4. The highest BCUT2D eigenvalue weighted by Crippen LogP contribution is 2.08. The summed E-state index contributed by atoms with van der Waals surface area (Å²) in [5, 5.41) is 14.5. The fourth-order valence-corrected chi connectivity index (χ4v) is 1.83. The predicted octanol–water partition coefficient (Wildman–Crippen LogP) is 1.63. The number of nitrogens with one attached hydrogen (secondary N) is 2. The van der Waals surface area contributed by atoms with E-state index in [1.165, 1.54) is 12.3 Å². The molecular formula is C15H16N2O4. The highest BCUT2D eigenvalue weighted by atomic mass is 16.4. The smallest absolute Gasteiger partial charge is 0.338 e. The van der Waals surface area contributed by atoms with Crippen molar-refractivity contribution in [3.63, 3.8) is 0 Å². The second-order valence-electron chi connectivity index (χ2n) is 4.49. The summed E-state index contributed by atoms with van der Waals surface area (Å²) in [6, 6.07) is 8.73. The molecule has 0 fully saturated rings. The molecule has 0 spiro atoms. The van der Waals surface area contributed by atoms with Gasteiger partial charge in [0.2, 0.25) is 0 Å². The van der Waals surface area contributed by atoms with Crippen molar-refractivity contribution in [2.45, 2.75) is 13.1 Å². The van der Waals surface area contributed by atoms with E-state index >= 15 is 0 Å². The van der Waals surface area contributed by atoms with Crippen molar-refractivity contribution in [2.24, 2.45) is 0 Å². The van der Waals surface area contributed by atoms with Crippen LogP contribution in [0.3, 0.4) is 0 Å². The SMILES string of the molecule is CNC(=O)c1ccc(CNCc2cc(C(=O)O)co2)cc1. The Hall–Kier alpha value is -2.60. The first-order chi connectivity index (χ1) is 10.1. The van der Waals surface area contributed by atoms with Gasteiger partial charge in [0.25, 0.3) is 5.91 Å². The van der Waals surface area contributed by atoms with E-state index in [1.54, 1.807) is 19.2 Å². The van der Waals surface area contributed by atoms with Crippen molar-refractivity contribution in [1.29, 1.82) is 0 Å². The van der Waals surface area contributed by atoms with Crippen molar-refractivity contribution in [3.05, 3.63) is 59.0 Å². The lowest BCUT2D eigenvalue weighted by molar-refractivity contribution is 0.0696. The Balaban J connectivity index is 1.85. The Bertz CT molecular complexity index is 631. The molecule has 0 atom stereocenters. The molecule has 0 aliphatic heterocycles. The van der Waals surface area contributed by atoms with Crippen LogP contribution in [0.15, 0.2) is 41.0 Å². The van der Waals surface area contributed by atoms with Crippen LogP contribution in [0, 0.1) is 0 Å². The number of hydrogen-bond donors (Lipinski definition) is 3. The zero-order chi connectivity index (χ0) is 15.2. The van der Waals surface area contributed by atoms with E-state index in [0.717, 1.165) is 5.56 Å². The van der Waals surface area contributed by atoms with Gasteiger partial charge in [-0.15, -0.1) is 0 Å². The van der Waals surface area contributed by atoms with Crippen LogP contribution in [-0.2, 0) is 13.1 Å². The first-order valence-corrected chi connectivity index (χ1v) is 6.42. The normalized spacial score (nSPS) is 10.3. The first-order valence-electron chi connectivity index (χ1n) is 6.42. The van der Waals surface area contributed by atoms with Crippen LogP contribution >= 0.6 is 0 Å². The van der Waals surface area contributed by atoms with Gasteiger partial charge in [-0.05, 0) is 23.8 Å². The molecule has 2 aromatic rings. The Morgan fingerprint density at radius 2 is 1.86 bits per heavy atom. The van der Waals surface area contributed by atoms with Gasteiger partial charge in [0.15, 0.2) is 0 Å². The summed E-state index contributed by atoms with van der Waals surface area (Å²) in [6.07, 6.45) is 1.22. The standard InChI is InChI=1S/C15H16N2O4/c1-16-14(18)11-4-2-10(3-5-11)7-17-8-13-6-12(9-21-13)15(19)20/h2-6,9,17H,7-8H2,1H3,(H,16,18)(H,19,20). The molecule has 110 valence electrons. The number of carboxylic acid groups (broad SMARTS) is 1. The van der Waals surface area contributed by atoms with Crippen molar-refractivity contribution in [1.82, 2.24) is 10.6 Å². The topological polar surface area (TPSA) is 91.6 Å². The van der Waals surface area contributed by atoms with Crippen LogP contribution in [-0.4, -0.2) is 24.0 Å².